The van der Waals surface area contributed by atoms with Crippen molar-refractivity contribution in [2.45, 2.75) is 40.2 Å². The number of nitrogens with zero attached hydrogens (tertiary/aromatic N) is 3. The summed E-state index contributed by atoms with van der Waals surface area (Å²) in [5, 5.41) is 7.81. The molecule has 3 heterocycles. The average Bonchev–Trinajstić information content (AvgIpc) is 3.43. The Balaban J connectivity index is 0.000000807. The molecule has 164 valence electrons. The van der Waals surface area contributed by atoms with E-state index in [1.165, 1.54) is 0 Å². The first-order chi connectivity index (χ1) is 15.1. The Morgan fingerprint density at radius 3 is 2.55 bits per heavy atom. The minimum absolute atomic E-state index is 0.0565. The topological polar surface area (TPSA) is 53.9 Å². The molecule has 2 aromatic heterocycles. The van der Waals surface area contributed by atoms with Crippen molar-refractivity contribution in [2.75, 3.05) is 6.54 Å². The molecule has 1 saturated heterocycles. The highest BCUT2D eigenvalue weighted by molar-refractivity contribution is 6.08. The lowest BCUT2D eigenvalue weighted by atomic mass is 9.94. The molecule has 1 fully saturated rings. The zero-order valence-corrected chi connectivity index (χ0v) is 19.4. The third kappa shape index (κ3) is 4.88. The van der Waals surface area contributed by atoms with Crippen molar-refractivity contribution >= 4 is 16.8 Å². The molecule has 0 bridgehead atoms. The van der Waals surface area contributed by atoms with Gasteiger partial charge in [-0.25, -0.2) is 0 Å². The lowest BCUT2D eigenvalue weighted by Crippen LogP contribution is -2.51. The maximum Gasteiger partial charge on any atom is 0.256 e. The molecule has 1 aliphatic heterocycles. The third-order valence-corrected chi connectivity index (χ3v) is 5.21. The van der Waals surface area contributed by atoms with E-state index in [1.807, 2.05) is 80.9 Å². The molecule has 1 aromatic carbocycles. The van der Waals surface area contributed by atoms with E-state index in [0.29, 0.717) is 0 Å². The normalized spacial score (nSPS) is 14.9. The van der Waals surface area contributed by atoms with E-state index in [-0.39, 0.29) is 11.9 Å². The van der Waals surface area contributed by atoms with E-state index in [9.17, 15) is 4.79 Å². The second kappa shape index (κ2) is 11.2. The van der Waals surface area contributed by atoms with Crippen molar-refractivity contribution in [2.24, 2.45) is 7.05 Å². The summed E-state index contributed by atoms with van der Waals surface area (Å²) in [6.07, 6.45) is 12.0. The van der Waals surface area contributed by atoms with E-state index in [1.54, 1.807) is 12.3 Å². The van der Waals surface area contributed by atoms with E-state index in [2.05, 4.69) is 29.4 Å². The second-order valence-electron chi connectivity index (χ2n) is 6.85. The monoisotopic (exact) mass is 418 g/mol. The van der Waals surface area contributed by atoms with Crippen LogP contribution in [-0.4, -0.2) is 38.2 Å². The van der Waals surface area contributed by atoms with Crippen molar-refractivity contribution < 1.29 is 4.79 Å². The fraction of sp³-hybridized carbons (Fsp3) is 0.308. The summed E-state index contributed by atoms with van der Waals surface area (Å²) in [5.74, 6) is 0.0565. The summed E-state index contributed by atoms with van der Waals surface area (Å²) in [6.45, 7) is 16.5. The molecule has 0 aliphatic carbocycles. The largest absolute Gasteiger partial charge is 0.350 e. The van der Waals surface area contributed by atoms with E-state index in [4.69, 9.17) is 0 Å². The number of aromatic nitrogens is 3. The number of carbonyl (C=O) groups is 1. The number of hydrogen-bond acceptors (Lipinski definition) is 2. The molecule has 1 atom stereocenters. The predicted octanol–water partition coefficient (Wildman–Crippen LogP) is 6.13. The summed E-state index contributed by atoms with van der Waals surface area (Å²) in [5.41, 5.74) is 4.80. The maximum atomic E-state index is 13.2. The molecule has 1 unspecified atom stereocenters. The van der Waals surface area contributed by atoms with Gasteiger partial charge in [0.1, 0.15) is 0 Å². The minimum Gasteiger partial charge on any atom is -0.350 e. The SMILES string of the molecule is C=C/C=C\C(=C)C1CCN1C(=O)c1cn(C)c2cc(-c3cn[nH]c3)ccc12.CC.CC. The molecule has 0 radical (unpaired) electrons. The van der Waals surface area contributed by atoms with Crippen LogP contribution in [0, 0.1) is 0 Å². The summed E-state index contributed by atoms with van der Waals surface area (Å²) in [4.78, 5) is 15.1. The quantitative estimate of drug-likeness (QED) is 0.506. The number of amides is 1. The van der Waals surface area contributed by atoms with Crippen molar-refractivity contribution in [3.63, 3.8) is 0 Å². The third-order valence-electron chi connectivity index (χ3n) is 5.21. The van der Waals surface area contributed by atoms with Crippen LogP contribution in [0.25, 0.3) is 22.0 Å². The fourth-order valence-electron chi connectivity index (χ4n) is 3.62. The standard InChI is InChI=1S/C22H22N4O.2C2H6/c1-4-5-6-15(2)20-9-10-26(20)22(27)19-14-25(3)21-11-16(7-8-18(19)21)17-12-23-24-13-17;2*1-2/h4-8,11-14,20H,1-2,9-10H2,3H3,(H,23,24);2*1-2H3/b6-5-;;. The Kier molecular flexibility index (Phi) is 8.62. The zero-order valence-electron chi connectivity index (χ0n) is 19.4. The van der Waals surface area contributed by atoms with Gasteiger partial charge in [0.05, 0.1) is 17.8 Å². The van der Waals surface area contributed by atoms with Gasteiger partial charge in [-0.1, -0.05) is 71.2 Å². The molecule has 3 aromatic rings. The van der Waals surface area contributed by atoms with Gasteiger partial charge in [0.25, 0.3) is 5.91 Å². The first kappa shape index (κ1) is 23.9. The number of carbonyl (C=O) groups excluding carboxylic acids is 1. The van der Waals surface area contributed by atoms with Crippen molar-refractivity contribution in [3.8, 4) is 11.1 Å². The minimum atomic E-state index is 0.0565. The van der Waals surface area contributed by atoms with Crippen molar-refractivity contribution in [3.05, 3.63) is 79.3 Å². The summed E-state index contributed by atoms with van der Waals surface area (Å²) in [7, 11) is 1.97. The van der Waals surface area contributed by atoms with Gasteiger partial charge in [0, 0.05) is 42.5 Å². The highest BCUT2D eigenvalue weighted by atomic mass is 16.2. The van der Waals surface area contributed by atoms with Crippen molar-refractivity contribution in [1.29, 1.82) is 0 Å². The summed E-state index contributed by atoms with van der Waals surface area (Å²) >= 11 is 0. The number of hydrogen-bond donors (Lipinski definition) is 1. The zero-order chi connectivity index (χ0) is 23.0. The highest BCUT2D eigenvalue weighted by Gasteiger charge is 2.34. The van der Waals surface area contributed by atoms with Crippen LogP contribution in [0.5, 0.6) is 0 Å². The summed E-state index contributed by atoms with van der Waals surface area (Å²) < 4.78 is 2.01. The molecule has 5 heteroatoms. The van der Waals surface area contributed by atoms with Crippen LogP contribution in [0.4, 0.5) is 0 Å². The molecule has 4 rings (SSSR count). The van der Waals surface area contributed by atoms with Crippen LogP contribution < -0.4 is 0 Å². The summed E-state index contributed by atoms with van der Waals surface area (Å²) in [6, 6.07) is 6.21. The molecular formula is C26H34N4O. The molecule has 1 N–H and O–H groups in total. The second-order valence-corrected chi connectivity index (χ2v) is 6.85. The van der Waals surface area contributed by atoms with Gasteiger partial charge >= 0.3 is 0 Å². The van der Waals surface area contributed by atoms with Crippen molar-refractivity contribution in [1.82, 2.24) is 19.7 Å². The van der Waals surface area contributed by atoms with E-state index >= 15 is 0 Å². The molecule has 1 amide bonds. The Morgan fingerprint density at radius 1 is 1.23 bits per heavy atom. The first-order valence-electron chi connectivity index (χ1n) is 11.0. The van der Waals surface area contributed by atoms with Gasteiger partial charge in [0.2, 0.25) is 0 Å². The molecule has 1 aliphatic rings. The van der Waals surface area contributed by atoms with Gasteiger partial charge in [-0.05, 0) is 23.6 Å². The number of aryl methyl sites for hydroxylation is 1. The fourth-order valence-corrected chi connectivity index (χ4v) is 3.62. The lowest BCUT2D eigenvalue weighted by molar-refractivity contribution is 0.0540. The molecule has 31 heavy (non-hydrogen) atoms. The predicted molar refractivity (Wildman–Crippen MR) is 131 cm³/mol. The Hall–Kier alpha value is -3.34. The number of H-pyrrole nitrogens is 1. The molecule has 5 nitrogen and oxygen atoms in total. The number of nitrogens with one attached hydrogen (secondary N) is 1. The number of aromatic amines is 1. The number of benzene rings is 1. The Labute approximate surface area is 185 Å². The van der Waals surface area contributed by atoms with Gasteiger partial charge in [0.15, 0.2) is 0 Å². The van der Waals surface area contributed by atoms with E-state index < -0.39 is 0 Å². The van der Waals surface area contributed by atoms with Gasteiger partial charge < -0.3 is 9.47 Å². The van der Waals surface area contributed by atoms with Gasteiger partial charge in [-0.2, -0.15) is 5.10 Å². The Morgan fingerprint density at radius 2 is 1.97 bits per heavy atom. The molecule has 0 spiro atoms. The number of fused-ring (bicyclic) bond motifs is 1. The number of rotatable bonds is 5. The highest BCUT2D eigenvalue weighted by Crippen LogP contribution is 2.31. The molecule has 0 saturated carbocycles. The van der Waals surface area contributed by atoms with Gasteiger partial charge in [-0.3, -0.25) is 9.89 Å². The number of likely N-dealkylation sites (tertiary alicyclic amines) is 1. The van der Waals surface area contributed by atoms with Crippen LogP contribution in [0.3, 0.4) is 0 Å². The van der Waals surface area contributed by atoms with Crippen LogP contribution in [-0.2, 0) is 7.05 Å². The maximum absolute atomic E-state index is 13.2. The lowest BCUT2D eigenvalue weighted by Gasteiger charge is -2.41. The van der Waals surface area contributed by atoms with E-state index in [0.717, 1.165) is 46.1 Å². The average molecular weight is 419 g/mol. The Bertz CT molecular complexity index is 1060. The number of allylic oxidation sites excluding steroid dienone is 2. The van der Waals surface area contributed by atoms with Crippen LogP contribution >= 0.6 is 0 Å². The van der Waals surface area contributed by atoms with Crippen LogP contribution in [0.15, 0.2) is 73.7 Å². The van der Waals surface area contributed by atoms with Crippen LogP contribution in [0.1, 0.15) is 44.5 Å². The molecular weight excluding hydrogens is 384 g/mol. The smallest absolute Gasteiger partial charge is 0.256 e. The van der Waals surface area contributed by atoms with Gasteiger partial charge in [-0.15, -0.1) is 0 Å². The first-order valence-corrected chi connectivity index (χ1v) is 11.0. The van der Waals surface area contributed by atoms with Crippen LogP contribution in [0.2, 0.25) is 0 Å².